The molecule has 5 heteroatoms. The second-order valence-corrected chi connectivity index (χ2v) is 5.02. The monoisotopic (exact) mass is 316 g/mol. The van der Waals surface area contributed by atoms with Crippen LogP contribution in [0.4, 0.5) is 5.69 Å². The molecule has 0 aliphatic carbocycles. The summed E-state index contributed by atoms with van der Waals surface area (Å²) in [4.78, 5) is 0. The Morgan fingerprint density at radius 2 is 2.11 bits per heavy atom. The largest absolute Gasteiger partial charge is 0.497 e. The minimum absolute atomic E-state index is 0.262. The van der Waals surface area contributed by atoms with Gasteiger partial charge in [0.2, 0.25) is 0 Å². The number of hydrogen-bond donors (Lipinski definition) is 2. The topological polar surface area (TPSA) is 56.5 Å². The first kappa shape index (κ1) is 15.3. The number of halogens is 1. The van der Waals surface area contributed by atoms with Gasteiger partial charge in [-0.3, -0.25) is 0 Å². The van der Waals surface area contributed by atoms with Crippen LogP contribution in [0.15, 0.2) is 22.7 Å². The van der Waals surface area contributed by atoms with Crippen LogP contribution < -0.4 is 15.8 Å². The van der Waals surface area contributed by atoms with Crippen molar-refractivity contribution in [1.29, 1.82) is 0 Å². The molecule has 0 amide bonds. The maximum atomic E-state index is 5.54. The summed E-state index contributed by atoms with van der Waals surface area (Å²) in [6.45, 7) is 1.36. The minimum Gasteiger partial charge on any atom is -0.497 e. The van der Waals surface area contributed by atoms with Gasteiger partial charge in [-0.2, -0.15) is 0 Å². The van der Waals surface area contributed by atoms with Crippen LogP contribution in [-0.2, 0) is 4.74 Å². The molecule has 0 bridgehead atoms. The van der Waals surface area contributed by atoms with Gasteiger partial charge in [0, 0.05) is 29.4 Å². The number of hydrogen-bond acceptors (Lipinski definition) is 4. The number of anilines is 1. The SMILES string of the molecule is COCC(CCCN)Nc1cc(Br)cc(OC)c1. The zero-order chi connectivity index (χ0) is 13.4. The molecule has 1 unspecified atom stereocenters. The van der Waals surface area contributed by atoms with Gasteiger partial charge in [-0.25, -0.2) is 0 Å². The molecule has 1 aromatic rings. The maximum absolute atomic E-state index is 5.54. The molecular formula is C13H21BrN2O2. The molecule has 3 N–H and O–H groups in total. The highest BCUT2D eigenvalue weighted by Crippen LogP contribution is 2.25. The number of ether oxygens (including phenoxy) is 2. The Bertz CT molecular complexity index is 361. The van der Waals surface area contributed by atoms with Crippen LogP contribution in [-0.4, -0.2) is 33.4 Å². The summed E-state index contributed by atoms with van der Waals surface area (Å²) >= 11 is 3.46. The molecule has 0 radical (unpaired) electrons. The molecule has 1 atom stereocenters. The lowest BCUT2D eigenvalue weighted by Crippen LogP contribution is -2.25. The first-order valence-electron chi connectivity index (χ1n) is 5.99. The van der Waals surface area contributed by atoms with Gasteiger partial charge in [-0.1, -0.05) is 15.9 Å². The first-order chi connectivity index (χ1) is 8.69. The van der Waals surface area contributed by atoms with Gasteiger partial charge >= 0.3 is 0 Å². The number of nitrogens with two attached hydrogens (primary N) is 1. The summed E-state index contributed by atoms with van der Waals surface area (Å²) in [7, 11) is 3.37. The van der Waals surface area contributed by atoms with Crippen LogP contribution in [0, 0.1) is 0 Å². The van der Waals surface area contributed by atoms with E-state index in [1.165, 1.54) is 0 Å². The number of benzene rings is 1. The fraction of sp³-hybridized carbons (Fsp3) is 0.538. The van der Waals surface area contributed by atoms with Crippen molar-refractivity contribution in [2.45, 2.75) is 18.9 Å². The van der Waals surface area contributed by atoms with E-state index in [1.54, 1.807) is 14.2 Å². The third-order valence-electron chi connectivity index (χ3n) is 2.60. The van der Waals surface area contributed by atoms with E-state index < -0.39 is 0 Å². The van der Waals surface area contributed by atoms with Gasteiger partial charge < -0.3 is 20.5 Å². The summed E-state index contributed by atoms with van der Waals surface area (Å²) in [5.41, 5.74) is 6.55. The third-order valence-corrected chi connectivity index (χ3v) is 3.06. The Morgan fingerprint density at radius 3 is 2.72 bits per heavy atom. The minimum atomic E-state index is 0.262. The lowest BCUT2D eigenvalue weighted by molar-refractivity contribution is 0.182. The standard InChI is InChI=1S/C13H21BrN2O2/c1-17-9-11(4-3-5-15)16-12-6-10(14)7-13(8-12)18-2/h6-8,11,16H,3-5,9,15H2,1-2H3. The predicted octanol–water partition coefficient (Wildman–Crippen LogP) is 2.62. The predicted molar refractivity (Wildman–Crippen MR) is 78.3 cm³/mol. The molecule has 4 nitrogen and oxygen atoms in total. The number of rotatable bonds is 8. The number of methoxy groups -OCH3 is 2. The number of nitrogens with one attached hydrogen (secondary N) is 1. The normalized spacial score (nSPS) is 12.2. The summed E-state index contributed by atoms with van der Waals surface area (Å²) in [6.07, 6.45) is 1.96. The van der Waals surface area contributed by atoms with E-state index in [-0.39, 0.29) is 6.04 Å². The Labute approximate surface area is 117 Å². The molecule has 0 saturated carbocycles. The molecule has 1 aromatic carbocycles. The average Bonchev–Trinajstić information content (AvgIpc) is 2.35. The van der Waals surface area contributed by atoms with Crippen molar-refractivity contribution >= 4 is 21.6 Å². The second-order valence-electron chi connectivity index (χ2n) is 4.11. The van der Waals surface area contributed by atoms with Crippen molar-refractivity contribution < 1.29 is 9.47 Å². The first-order valence-corrected chi connectivity index (χ1v) is 6.79. The summed E-state index contributed by atoms with van der Waals surface area (Å²) in [5.74, 6) is 0.821. The molecule has 102 valence electrons. The van der Waals surface area contributed by atoms with E-state index in [0.717, 1.165) is 28.8 Å². The van der Waals surface area contributed by atoms with Gasteiger partial charge in [0.1, 0.15) is 5.75 Å². The average molecular weight is 317 g/mol. The van der Waals surface area contributed by atoms with Gasteiger partial charge in [0.15, 0.2) is 0 Å². The Hall–Kier alpha value is -0.780. The quantitative estimate of drug-likeness (QED) is 0.774. The van der Waals surface area contributed by atoms with Crippen molar-refractivity contribution in [3.8, 4) is 5.75 Å². The Balaban J connectivity index is 2.69. The van der Waals surface area contributed by atoms with Crippen molar-refractivity contribution in [2.75, 3.05) is 32.7 Å². The Kier molecular flexibility index (Phi) is 7.08. The van der Waals surface area contributed by atoms with Gasteiger partial charge in [0.05, 0.1) is 13.7 Å². The highest BCUT2D eigenvalue weighted by atomic mass is 79.9. The van der Waals surface area contributed by atoms with E-state index in [4.69, 9.17) is 15.2 Å². The fourth-order valence-electron chi connectivity index (χ4n) is 1.76. The van der Waals surface area contributed by atoms with E-state index >= 15 is 0 Å². The summed E-state index contributed by atoms with van der Waals surface area (Å²) < 4.78 is 11.4. The smallest absolute Gasteiger partial charge is 0.122 e. The van der Waals surface area contributed by atoms with Crippen LogP contribution in [0.1, 0.15) is 12.8 Å². The fourth-order valence-corrected chi connectivity index (χ4v) is 2.23. The van der Waals surface area contributed by atoms with Gasteiger partial charge in [-0.15, -0.1) is 0 Å². The van der Waals surface area contributed by atoms with Gasteiger partial charge in [0.25, 0.3) is 0 Å². The van der Waals surface area contributed by atoms with Crippen LogP contribution in [0.5, 0.6) is 5.75 Å². The lowest BCUT2D eigenvalue weighted by Gasteiger charge is -2.19. The summed E-state index contributed by atoms with van der Waals surface area (Å²) in [5, 5.41) is 3.44. The van der Waals surface area contributed by atoms with Crippen molar-refractivity contribution in [1.82, 2.24) is 0 Å². The third kappa shape index (κ3) is 5.25. The molecule has 0 saturated heterocycles. The van der Waals surface area contributed by atoms with Gasteiger partial charge in [-0.05, 0) is 31.5 Å². The van der Waals surface area contributed by atoms with E-state index in [2.05, 4.69) is 21.2 Å². The molecule has 0 aliphatic rings. The molecule has 1 rings (SSSR count). The van der Waals surface area contributed by atoms with Crippen LogP contribution in [0.3, 0.4) is 0 Å². The highest BCUT2D eigenvalue weighted by molar-refractivity contribution is 9.10. The van der Waals surface area contributed by atoms with Crippen LogP contribution in [0.2, 0.25) is 0 Å². The Morgan fingerprint density at radius 1 is 1.33 bits per heavy atom. The molecule has 0 aliphatic heterocycles. The molecular weight excluding hydrogens is 296 g/mol. The molecule has 0 spiro atoms. The van der Waals surface area contributed by atoms with E-state index in [1.807, 2.05) is 18.2 Å². The molecule has 18 heavy (non-hydrogen) atoms. The zero-order valence-corrected chi connectivity index (χ0v) is 12.5. The van der Waals surface area contributed by atoms with E-state index in [9.17, 15) is 0 Å². The summed E-state index contributed by atoms with van der Waals surface area (Å²) in [6, 6.07) is 6.18. The van der Waals surface area contributed by atoms with Crippen molar-refractivity contribution in [2.24, 2.45) is 5.73 Å². The lowest BCUT2D eigenvalue weighted by atomic mass is 10.1. The van der Waals surface area contributed by atoms with Crippen molar-refractivity contribution in [3.63, 3.8) is 0 Å². The van der Waals surface area contributed by atoms with Crippen molar-refractivity contribution in [3.05, 3.63) is 22.7 Å². The molecule has 0 heterocycles. The molecule has 0 fully saturated rings. The second kappa shape index (κ2) is 8.34. The highest BCUT2D eigenvalue weighted by Gasteiger charge is 2.09. The zero-order valence-electron chi connectivity index (χ0n) is 10.9. The van der Waals surface area contributed by atoms with Crippen LogP contribution in [0.25, 0.3) is 0 Å². The maximum Gasteiger partial charge on any atom is 0.122 e. The van der Waals surface area contributed by atoms with Crippen LogP contribution >= 0.6 is 15.9 Å². The molecule has 0 aromatic heterocycles. The van der Waals surface area contributed by atoms with E-state index in [0.29, 0.717) is 13.2 Å².